The lowest BCUT2D eigenvalue weighted by molar-refractivity contribution is 0.600. The van der Waals surface area contributed by atoms with E-state index in [2.05, 4.69) is 9.44 Å². The molecular formula is C17H13ClN2O4S2. The van der Waals surface area contributed by atoms with Crippen molar-refractivity contribution in [2.45, 2.75) is 16.7 Å². The molecule has 0 aliphatic carbocycles. The first-order chi connectivity index (χ1) is 12.2. The van der Waals surface area contributed by atoms with E-state index in [9.17, 15) is 16.8 Å². The molecule has 1 heterocycles. The first-order valence-corrected chi connectivity index (χ1v) is 10.9. The molecule has 0 saturated heterocycles. The van der Waals surface area contributed by atoms with Gasteiger partial charge in [0, 0.05) is 10.8 Å². The maximum atomic E-state index is 12.7. The molecule has 0 aromatic heterocycles. The first kappa shape index (κ1) is 17.1. The van der Waals surface area contributed by atoms with Crippen molar-refractivity contribution in [3.05, 3.63) is 59.1 Å². The zero-order chi connectivity index (χ0) is 18.7. The molecule has 0 spiro atoms. The molecule has 0 amide bonds. The molecule has 0 unspecified atom stereocenters. The van der Waals surface area contributed by atoms with E-state index in [-0.39, 0.29) is 26.2 Å². The molecule has 0 atom stereocenters. The minimum atomic E-state index is -3.85. The molecule has 2 N–H and O–H groups in total. The number of hydrogen-bond acceptors (Lipinski definition) is 4. The van der Waals surface area contributed by atoms with Crippen LogP contribution in [-0.4, -0.2) is 16.8 Å². The van der Waals surface area contributed by atoms with Crippen molar-refractivity contribution in [1.29, 1.82) is 0 Å². The third kappa shape index (κ3) is 2.61. The van der Waals surface area contributed by atoms with Gasteiger partial charge < -0.3 is 0 Å². The van der Waals surface area contributed by atoms with Crippen molar-refractivity contribution in [3.8, 4) is 0 Å². The summed E-state index contributed by atoms with van der Waals surface area (Å²) in [5.41, 5.74) is 1.42. The lowest BCUT2D eigenvalue weighted by Crippen LogP contribution is -2.13. The molecule has 4 rings (SSSR count). The summed E-state index contributed by atoms with van der Waals surface area (Å²) in [5.74, 6) is 0. The Balaban J connectivity index is 1.90. The number of hydrogen-bond donors (Lipinski definition) is 2. The monoisotopic (exact) mass is 408 g/mol. The first-order valence-electron chi connectivity index (χ1n) is 7.56. The highest BCUT2D eigenvalue weighted by Crippen LogP contribution is 2.45. The molecule has 3 aromatic carbocycles. The van der Waals surface area contributed by atoms with Crippen LogP contribution in [0.4, 0.5) is 11.4 Å². The third-order valence-electron chi connectivity index (χ3n) is 4.18. The molecule has 6 nitrogen and oxygen atoms in total. The van der Waals surface area contributed by atoms with Gasteiger partial charge in [-0.15, -0.1) is 0 Å². The zero-order valence-electron chi connectivity index (χ0n) is 13.4. The Labute approximate surface area is 155 Å². The topological polar surface area (TPSA) is 92.3 Å². The minimum Gasteiger partial charge on any atom is -0.279 e. The highest BCUT2D eigenvalue weighted by atomic mass is 35.5. The summed E-state index contributed by atoms with van der Waals surface area (Å²) in [7, 11) is -7.56. The lowest BCUT2D eigenvalue weighted by Gasteiger charge is -2.12. The van der Waals surface area contributed by atoms with Crippen LogP contribution in [0.15, 0.2) is 58.3 Å². The fourth-order valence-corrected chi connectivity index (χ4v) is 5.63. The van der Waals surface area contributed by atoms with E-state index in [0.29, 0.717) is 10.8 Å². The normalized spacial score (nSPS) is 15.0. The minimum absolute atomic E-state index is 0.0725. The molecule has 134 valence electrons. The van der Waals surface area contributed by atoms with Crippen molar-refractivity contribution in [2.75, 3.05) is 9.44 Å². The van der Waals surface area contributed by atoms with Gasteiger partial charge in [-0.3, -0.25) is 9.44 Å². The van der Waals surface area contributed by atoms with E-state index in [0.717, 1.165) is 5.56 Å². The Morgan fingerprint density at radius 2 is 1.77 bits per heavy atom. The van der Waals surface area contributed by atoms with Crippen LogP contribution in [0.5, 0.6) is 0 Å². The number of rotatable bonds is 3. The van der Waals surface area contributed by atoms with Crippen molar-refractivity contribution in [3.63, 3.8) is 0 Å². The van der Waals surface area contributed by atoms with Crippen LogP contribution in [0.25, 0.3) is 10.8 Å². The average Bonchev–Trinajstić information content (AvgIpc) is 2.85. The molecule has 0 bridgehead atoms. The van der Waals surface area contributed by atoms with Crippen molar-refractivity contribution >= 4 is 53.8 Å². The number of aryl methyl sites for hydroxylation is 1. The Bertz CT molecular complexity index is 1270. The summed E-state index contributed by atoms with van der Waals surface area (Å²) in [6, 6.07) is 12.5. The molecule has 26 heavy (non-hydrogen) atoms. The predicted octanol–water partition coefficient (Wildman–Crippen LogP) is 3.72. The van der Waals surface area contributed by atoms with Crippen LogP contribution in [0.2, 0.25) is 5.02 Å². The lowest BCUT2D eigenvalue weighted by atomic mass is 10.1. The van der Waals surface area contributed by atoms with Gasteiger partial charge in [-0.25, -0.2) is 16.8 Å². The highest BCUT2D eigenvalue weighted by Gasteiger charge is 2.30. The molecule has 0 radical (unpaired) electrons. The van der Waals surface area contributed by atoms with Gasteiger partial charge in [-0.2, -0.15) is 0 Å². The molecule has 9 heteroatoms. The van der Waals surface area contributed by atoms with Crippen LogP contribution in [-0.2, 0) is 20.0 Å². The molecule has 1 aliphatic heterocycles. The van der Waals surface area contributed by atoms with Gasteiger partial charge in [0.05, 0.1) is 26.2 Å². The van der Waals surface area contributed by atoms with E-state index < -0.39 is 20.0 Å². The van der Waals surface area contributed by atoms with Gasteiger partial charge >= 0.3 is 0 Å². The Hall–Kier alpha value is -2.29. The number of sulfonamides is 2. The quantitative estimate of drug-likeness (QED) is 0.690. The van der Waals surface area contributed by atoms with Crippen LogP contribution in [0.3, 0.4) is 0 Å². The summed E-state index contributed by atoms with van der Waals surface area (Å²) >= 11 is 6.20. The number of benzene rings is 3. The van der Waals surface area contributed by atoms with E-state index in [1.54, 1.807) is 24.3 Å². The van der Waals surface area contributed by atoms with Gasteiger partial charge in [0.25, 0.3) is 20.0 Å². The molecule has 0 saturated carbocycles. The molecule has 0 fully saturated rings. The maximum absolute atomic E-state index is 12.7. The summed E-state index contributed by atoms with van der Waals surface area (Å²) in [6.45, 7) is 1.86. The second-order valence-electron chi connectivity index (χ2n) is 5.98. The molecular weight excluding hydrogens is 396 g/mol. The SMILES string of the molecule is Cc1ccc(S(=O)(=O)Nc2cc(Cl)c3c4c(cccc24)S(=O)(=O)N3)cc1. The average molecular weight is 409 g/mol. The zero-order valence-corrected chi connectivity index (χ0v) is 15.8. The van der Waals surface area contributed by atoms with Crippen molar-refractivity contribution < 1.29 is 16.8 Å². The summed E-state index contributed by atoms with van der Waals surface area (Å²) in [6.07, 6.45) is 0. The second kappa shape index (κ2) is 5.60. The van der Waals surface area contributed by atoms with Gasteiger partial charge in [0.1, 0.15) is 0 Å². The number of nitrogens with one attached hydrogen (secondary N) is 2. The molecule has 1 aliphatic rings. The number of halogens is 1. The van der Waals surface area contributed by atoms with E-state index in [4.69, 9.17) is 11.6 Å². The standard InChI is InChI=1S/C17H13ClN2O4S2/c1-10-5-7-11(8-6-10)25(21,22)19-14-9-13(18)17-16-12(14)3-2-4-15(16)26(23,24)20-17/h2-9,19-20H,1H3. The summed E-state index contributed by atoms with van der Waals surface area (Å²) in [4.78, 5) is 0.177. The largest absolute Gasteiger partial charge is 0.279 e. The van der Waals surface area contributed by atoms with Crippen LogP contribution in [0.1, 0.15) is 5.56 Å². The Kier molecular flexibility index (Phi) is 3.69. The van der Waals surface area contributed by atoms with Gasteiger partial charge in [0.15, 0.2) is 0 Å². The fourth-order valence-electron chi connectivity index (χ4n) is 2.93. The predicted molar refractivity (Wildman–Crippen MR) is 102 cm³/mol. The summed E-state index contributed by atoms with van der Waals surface area (Å²) < 4.78 is 54.8. The Morgan fingerprint density at radius 1 is 1.08 bits per heavy atom. The fraction of sp³-hybridized carbons (Fsp3) is 0.0588. The van der Waals surface area contributed by atoms with Gasteiger partial charge in [0.2, 0.25) is 0 Å². The van der Waals surface area contributed by atoms with E-state index in [1.165, 1.54) is 24.3 Å². The van der Waals surface area contributed by atoms with E-state index >= 15 is 0 Å². The van der Waals surface area contributed by atoms with Gasteiger partial charge in [-0.1, -0.05) is 41.4 Å². The second-order valence-corrected chi connectivity index (χ2v) is 9.72. The van der Waals surface area contributed by atoms with Crippen LogP contribution in [0, 0.1) is 6.92 Å². The van der Waals surface area contributed by atoms with Crippen LogP contribution >= 0.6 is 11.6 Å². The van der Waals surface area contributed by atoms with Crippen molar-refractivity contribution in [2.24, 2.45) is 0 Å². The maximum Gasteiger partial charge on any atom is 0.262 e. The van der Waals surface area contributed by atoms with Crippen molar-refractivity contribution in [1.82, 2.24) is 0 Å². The third-order valence-corrected chi connectivity index (χ3v) is 7.25. The van der Waals surface area contributed by atoms with Crippen LogP contribution < -0.4 is 9.44 Å². The summed E-state index contributed by atoms with van der Waals surface area (Å²) in [5, 5.41) is 0.945. The molecule has 3 aromatic rings. The van der Waals surface area contributed by atoms with Gasteiger partial charge in [-0.05, 0) is 31.2 Å². The smallest absolute Gasteiger partial charge is 0.262 e. The Morgan fingerprint density at radius 3 is 2.46 bits per heavy atom. The highest BCUT2D eigenvalue weighted by molar-refractivity contribution is 7.93. The number of anilines is 2. The van der Waals surface area contributed by atoms with E-state index in [1.807, 2.05) is 6.92 Å².